The van der Waals surface area contributed by atoms with Crippen LogP contribution in [0.5, 0.6) is 5.75 Å². The molecule has 0 aromatic heterocycles. The first kappa shape index (κ1) is 13.5. The van der Waals surface area contributed by atoms with Crippen molar-refractivity contribution in [2.24, 2.45) is 11.3 Å². The fraction of sp³-hybridized carbons (Fsp3) is 0.571. The topological polar surface area (TPSA) is 20.2 Å². The first-order valence-electron chi connectivity index (χ1n) is 5.85. The molecular formula is C14H23OP. The van der Waals surface area contributed by atoms with Crippen molar-refractivity contribution in [2.75, 3.05) is 6.66 Å². The molecule has 1 aromatic carbocycles. The van der Waals surface area contributed by atoms with Crippen molar-refractivity contribution in [3.8, 4) is 5.75 Å². The second kappa shape index (κ2) is 5.19. The molecule has 1 aliphatic rings. The van der Waals surface area contributed by atoms with E-state index in [2.05, 4.69) is 36.1 Å². The molecule has 2 heteroatoms. The average Bonchev–Trinajstić information content (AvgIpc) is 2.63. The van der Waals surface area contributed by atoms with Gasteiger partial charge in [-0.3, -0.25) is 0 Å². The Balaban J connectivity index is 0.000000606. The van der Waals surface area contributed by atoms with Crippen LogP contribution in [0.3, 0.4) is 0 Å². The van der Waals surface area contributed by atoms with Gasteiger partial charge in [-0.05, 0) is 47.4 Å². The molecule has 0 radical (unpaired) electrons. The van der Waals surface area contributed by atoms with Crippen molar-refractivity contribution in [1.29, 1.82) is 0 Å². The van der Waals surface area contributed by atoms with E-state index in [0.717, 1.165) is 12.3 Å². The SMILES string of the molecule is CC(C)(C)C1Cc2ccc(O)cc2C1.CP. The van der Waals surface area contributed by atoms with Crippen LogP contribution in [0, 0.1) is 11.3 Å². The fourth-order valence-electron chi connectivity index (χ4n) is 2.22. The normalized spacial score (nSPS) is 18.7. The summed E-state index contributed by atoms with van der Waals surface area (Å²) in [4.78, 5) is 0. The fourth-order valence-corrected chi connectivity index (χ4v) is 2.22. The van der Waals surface area contributed by atoms with Gasteiger partial charge in [0.2, 0.25) is 0 Å². The van der Waals surface area contributed by atoms with Crippen molar-refractivity contribution in [2.45, 2.75) is 33.6 Å². The molecule has 0 saturated carbocycles. The van der Waals surface area contributed by atoms with E-state index in [1.165, 1.54) is 17.5 Å². The zero-order chi connectivity index (χ0) is 12.3. The first-order chi connectivity index (χ1) is 7.47. The maximum atomic E-state index is 9.39. The van der Waals surface area contributed by atoms with Crippen LogP contribution in [0.4, 0.5) is 0 Å². The number of hydrogen-bond donors (Lipinski definition) is 1. The van der Waals surface area contributed by atoms with E-state index in [9.17, 15) is 5.11 Å². The predicted octanol–water partition coefficient (Wildman–Crippen LogP) is 3.64. The average molecular weight is 238 g/mol. The Morgan fingerprint density at radius 3 is 2.25 bits per heavy atom. The van der Waals surface area contributed by atoms with Crippen molar-refractivity contribution < 1.29 is 5.11 Å². The Labute approximate surface area is 101 Å². The third kappa shape index (κ3) is 2.98. The zero-order valence-electron chi connectivity index (χ0n) is 10.7. The maximum Gasteiger partial charge on any atom is 0.115 e. The maximum absolute atomic E-state index is 9.39. The van der Waals surface area contributed by atoms with Gasteiger partial charge in [0.05, 0.1) is 0 Å². The highest BCUT2D eigenvalue weighted by Crippen LogP contribution is 2.39. The van der Waals surface area contributed by atoms with Gasteiger partial charge in [-0.1, -0.05) is 33.5 Å². The van der Waals surface area contributed by atoms with Gasteiger partial charge in [0, 0.05) is 0 Å². The Morgan fingerprint density at radius 2 is 1.69 bits per heavy atom. The molecule has 2 atom stereocenters. The van der Waals surface area contributed by atoms with E-state index in [-0.39, 0.29) is 0 Å². The highest BCUT2D eigenvalue weighted by Gasteiger charge is 2.30. The summed E-state index contributed by atoms with van der Waals surface area (Å²) >= 11 is 0. The number of phenols is 1. The number of rotatable bonds is 0. The van der Waals surface area contributed by atoms with Gasteiger partial charge in [0.1, 0.15) is 5.75 Å². The smallest absolute Gasteiger partial charge is 0.115 e. The molecule has 1 aromatic rings. The lowest BCUT2D eigenvalue weighted by atomic mass is 9.79. The molecule has 0 bridgehead atoms. The molecule has 16 heavy (non-hydrogen) atoms. The van der Waals surface area contributed by atoms with Crippen molar-refractivity contribution in [3.63, 3.8) is 0 Å². The largest absolute Gasteiger partial charge is 0.508 e. The molecule has 90 valence electrons. The number of aromatic hydroxyl groups is 1. The van der Waals surface area contributed by atoms with Crippen LogP contribution in [0.15, 0.2) is 18.2 Å². The molecule has 2 rings (SSSR count). The van der Waals surface area contributed by atoms with E-state index in [4.69, 9.17) is 0 Å². The van der Waals surface area contributed by atoms with Gasteiger partial charge < -0.3 is 5.11 Å². The van der Waals surface area contributed by atoms with Crippen molar-refractivity contribution in [1.82, 2.24) is 0 Å². The Kier molecular flexibility index (Phi) is 4.38. The molecule has 1 nitrogen and oxygen atoms in total. The predicted molar refractivity (Wildman–Crippen MR) is 74.1 cm³/mol. The van der Waals surface area contributed by atoms with Gasteiger partial charge in [-0.15, -0.1) is 9.24 Å². The highest BCUT2D eigenvalue weighted by molar-refractivity contribution is 7.15. The van der Waals surface area contributed by atoms with Gasteiger partial charge in [0.25, 0.3) is 0 Å². The summed E-state index contributed by atoms with van der Waals surface area (Å²) < 4.78 is 0. The van der Waals surface area contributed by atoms with Crippen molar-refractivity contribution in [3.05, 3.63) is 29.3 Å². The van der Waals surface area contributed by atoms with Gasteiger partial charge in [-0.2, -0.15) is 0 Å². The first-order valence-corrected chi connectivity index (χ1v) is 7.01. The zero-order valence-corrected chi connectivity index (χ0v) is 11.9. The minimum Gasteiger partial charge on any atom is -0.508 e. The van der Waals surface area contributed by atoms with Crippen LogP contribution in [-0.4, -0.2) is 11.8 Å². The summed E-state index contributed by atoms with van der Waals surface area (Å²) in [5.74, 6) is 1.12. The summed E-state index contributed by atoms with van der Waals surface area (Å²) in [5.41, 5.74) is 3.13. The summed E-state index contributed by atoms with van der Waals surface area (Å²) in [6.07, 6.45) is 2.28. The lowest BCUT2D eigenvalue weighted by Crippen LogP contribution is -2.20. The van der Waals surface area contributed by atoms with Crippen LogP contribution in [-0.2, 0) is 12.8 Å². The standard InChI is InChI=1S/C13H18O.CH5P/c1-13(2,3)11-6-9-4-5-12(14)8-10(9)7-11;1-2/h4-5,8,11,14H,6-7H2,1-3H3;2H2,1H3. The second-order valence-electron chi connectivity index (χ2n) is 5.42. The molecule has 0 heterocycles. The number of benzene rings is 1. The Morgan fingerprint density at radius 1 is 1.12 bits per heavy atom. The molecule has 0 spiro atoms. The minimum absolute atomic E-state index is 0.370. The molecule has 0 amide bonds. The lowest BCUT2D eigenvalue weighted by Gasteiger charge is -2.26. The van der Waals surface area contributed by atoms with E-state index in [1.54, 1.807) is 6.07 Å². The third-order valence-electron chi connectivity index (χ3n) is 3.35. The summed E-state index contributed by atoms with van der Waals surface area (Å²) in [6.45, 7) is 8.80. The number of hydrogen-bond acceptors (Lipinski definition) is 1. The molecular weight excluding hydrogens is 215 g/mol. The van der Waals surface area contributed by atoms with E-state index in [0.29, 0.717) is 11.2 Å². The molecule has 1 N–H and O–H groups in total. The highest BCUT2D eigenvalue weighted by atomic mass is 31.0. The van der Waals surface area contributed by atoms with Crippen LogP contribution in [0.2, 0.25) is 0 Å². The van der Waals surface area contributed by atoms with E-state index >= 15 is 0 Å². The van der Waals surface area contributed by atoms with Crippen LogP contribution in [0.1, 0.15) is 31.9 Å². The lowest BCUT2D eigenvalue weighted by molar-refractivity contribution is 0.251. The molecule has 2 unspecified atom stereocenters. The summed E-state index contributed by atoms with van der Waals surface area (Å²) in [6, 6.07) is 5.78. The van der Waals surface area contributed by atoms with Crippen LogP contribution >= 0.6 is 9.24 Å². The number of phenolic OH excluding ortho intramolecular Hbond substituents is 1. The van der Waals surface area contributed by atoms with Crippen LogP contribution in [0.25, 0.3) is 0 Å². The van der Waals surface area contributed by atoms with E-state index < -0.39 is 0 Å². The van der Waals surface area contributed by atoms with Crippen LogP contribution < -0.4 is 0 Å². The second-order valence-corrected chi connectivity index (χ2v) is 5.42. The quantitative estimate of drug-likeness (QED) is 0.684. The van der Waals surface area contributed by atoms with Crippen molar-refractivity contribution >= 4 is 9.24 Å². The Bertz CT molecular complexity index is 352. The third-order valence-corrected chi connectivity index (χ3v) is 3.35. The van der Waals surface area contributed by atoms with Gasteiger partial charge in [-0.25, -0.2) is 0 Å². The molecule has 0 fully saturated rings. The monoisotopic (exact) mass is 238 g/mol. The number of fused-ring (bicyclic) bond motifs is 1. The van der Waals surface area contributed by atoms with Gasteiger partial charge in [0.15, 0.2) is 0 Å². The summed E-state index contributed by atoms with van der Waals surface area (Å²) in [5, 5.41) is 9.39. The Hall–Kier alpha value is -0.550. The summed E-state index contributed by atoms with van der Waals surface area (Å²) in [7, 11) is 2.42. The van der Waals surface area contributed by atoms with E-state index in [1.807, 2.05) is 12.7 Å². The van der Waals surface area contributed by atoms with Gasteiger partial charge >= 0.3 is 0 Å². The molecule has 0 aliphatic heterocycles. The molecule has 0 saturated heterocycles. The minimum atomic E-state index is 0.370. The molecule has 1 aliphatic carbocycles.